The maximum atomic E-state index is 11.3. The molecular formula is C22H34O4. The molecule has 0 amide bonds. The summed E-state index contributed by atoms with van der Waals surface area (Å²) < 4.78 is 5.51. The molecule has 4 aliphatic rings. The fourth-order valence-electron chi connectivity index (χ4n) is 7.29. The maximum Gasteiger partial charge on any atom is 0.302 e. The van der Waals surface area contributed by atoms with E-state index in [1.54, 1.807) is 0 Å². The maximum absolute atomic E-state index is 11.3. The summed E-state index contributed by atoms with van der Waals surface area (Å²) >= 11 is 0. The number of rotatable bonds is 2. The number of aliphatic hydroxyl groups excluding tert-OH is 2. The minimum absolute atomic E-state index is 0.0365. The topological polar surface area (TPSA) is 66.8 Å². The summed E-state index contributed by atoms with van der Waals surface area (Å²) in [5, 5.41) is 20.5. The fourth-order valence-corrected chi connectivity index (χ4v) is 7.29. The average Bonchev–Trinajstić information content (AvgIpc) is 2.86. The largest absolute Gasteiger partial charge is 0.462 e. The Labute approximate surface area is 157 Å². The Kier molecular flexibility index (Phi) is 4.51. The Morgan fingerprint density at radius 2 is 2.04 bits per heavy atom. The van der Waals surface area contributed by atoms with Crippen molar-refractivity contribution in [2.45, 2.75) is 77.9 Å². The van der Waals surface area contributed by atoms with E-state index >= 15 is 0 Å². The van der Waals surface area contributed by atoms with Gasteiger partial charge in [-0.05, 0) is 67.1 Å². The Morgan fingerprint density at radius 1 is 1.27 bits per heavy atom. The molecule has 0 aromatic heterocycles. The third kappa shape index (κ3) is 2.59. The van der Waals surface area contributed by atoms with Crippen LogP contribution >= 0.6 is 0 Å². The van der Waals surface area contributed by atoms with Crippen LogP contribution in [0.3, 0.4) is 0 Å². The first kappa shape index (κ1) is 18.5. The molecule has 0 aromatic carbocycles. The average molecular weight is 363 g/mol. The van der Waals surface area contributed by atoms with Gasteiger partial charge in [0.1, 0.15) is 6.10 Å². The summed E-state index contributed by atoms with van der Waals surface area (Å²) in [6, 6.07) is 0. The van der Waals surface area contributed by atoms with Crippen molar-refractivity contribution in [2.75, 3.05) is 6.61 Å². The highest BCUT2D eigenvalue weighted by molar-refractivity contribution is 5.66. The van der Waals surface area contributed by atoms with Crippen molar-refractivity contribution in [1.82, 2.24) is 0 Å². The first-order valence-corrected chi connectivity index (χ1v) is 10.4. The fraction of sp³-hybridized carbons (Fsp3) is 0.864. The van der Waals surface area contributed by atoms with Crippen LogP contribution in [0.5, 0.6) is 0 Å². The van der Waals surface area contributed by atoms with E-state index in [2.05, 4.69) is 19.9 Å². The highest BCUT2D eigenvalue weighted by atomic mass is 16.5. The van der Waals surface area contributed by atoms with Crippen LogP contribution in [0.25, 0.3) is 0 Å². The van der Waals surface area contributed by atoms with Gasteiger partial charge in [0.15, 0.2) is 0 Å². The molecule has 3 saturated carbocycles. The monoisotopic (exact) mass is 362 g/mol. The van der Waals surface area contributed by atoms with E-state index < -0.39 is 0 Å². The number of carbonyl (C=O) groups excluding carboxylic acids is 1. The Balaban J connectivity index is 1.59. The van der Waals surface area contributed by atoms with Gasteiger partial charge in [0.05, 0.1) is 6.10 Å². The van der Waals surface area contributed by atoms with Crippen LogP contribution in [0.4, 0.5) is 0 Å². The molecule has 4 rings (SSSR count). The zero-order valence-electron chi connectivity index (χ0n) is 16.4. The second-order valence-electron chi connectivity index (χ2n) is 9.90. The molecule has 0 unspecified atom stereocenters. The first-order chi connectivity index (χ1) is 12.3. The summed E-state index contributed by atoms with van der Waals surface area (Å²) in [4.78, 5) is 11.3. The third-order valence-electron chi connectivity index (χ3n) is 8.74. The minimum Gasteiger partial charge on any atom is -0.462 e. The van der Waals surface area contributed by atoms with Crippen molar-refractivity contribution in [3.05, 3.63) is 11.6 Å². The lowest BCUT2D eigenvalue weighted by atomic mass is 9.48. The summed E-state index contributed by atoms with van der Waals surface area (Å²) in [6.07, 6.45) is 9.32. The van der Waals surface area contributed by atoms with Gasteiger partial charge in [-0.25, -0.2) is 0 Å². The van der Waals surface area contributed by atoms with Gasteiger partial charge in [0, 0.05) is 25.9 Å². The third-order valence-corrected chi connectivity index (χ3v) is 8.74. The van der Waals surface area contributed by atoms with E-state index in [1.807, 2.05) is 0 Å². The van der Waals surface area contributed by atoms with Gasteiger partial charge >= 0.3 is 5.97 Å². The standard InChI is InChI=1S/C22H34O4/c1-13(24)26-16-6-8-21(2)15(11-16)4-5-17-18(21)7-9-22(3)19(17)10-14(12-23)20(22)25/h4,14,16-20,23,25H,5-12H2,1-3H3/t14-,16+,17-,18+,19+,20-,21+,22+/m1/s1. The predicted octanol–water partition coefficient (Wildman–Crippen LogP) is 3.46. The van der Waals surface area contributed by atoms with Gasteiger partial charge in [0.2, 0.25) is 0 Å². The van der Waals surface area contributed by atoms with Gasteiger partial charge in [0.25, 0.3) is 0 Å². The van der Waals surface area contributed by atoms with Crippen molar-refractivity contribution in [3.63, 3.8) is 0 Å². The van der Waals surface area contributed by atoms with E-state index in [1.165, 1.54) is 18.9 Å². The zero-order chi connectivity index (χ0) is 18.7. The summed E-state index contributed by atoms with van der Waals surface area (Å²) in [6.45, 7) is 6.29. The quantitative estimate of drug-likeness (QED) is 0.583. The van der Waals surface area contributed by atoms with Gasteiger partial charge < -0.3 is 14.9 Å². The van der Waals surface area contributed by atoms with Crippen LogP contribution in [-0.2, 0) is 9.53 Å². The van der Waals surface area contributed by atoms with Gasteiger partial charge in [-0.1, -0.05) is 25.5 Å². The molecule has 3 fully saturated rings. The van der Waals surface area contributed by atoms with E-state index in [0.29, 0.717) is 17.8 Å². The van der Waals surface area contributed by atoms with Crippen molar-refractivity contribution >= 4 is 5.97 Å². The number of aliphatic hydroxyl groups is 2. The van der Waals surface area contributed by atoms with E-state index in [9.17, 15) is 15.0 Å². The van der Waals surface area contributed by atoms with Crippen LogP contribution in [0.15, 0.2) is 11.6 Å². The first-order valence-electron chi connectivity index (χ1n) is 10.4. The molecule has 8 atom stereocenters. The van der Waals surface area contributed by atoms with Crippen LogP contribution in [0, 0.1) is 34.5 Å². The van der Waals surface area contributed by atoms with E-state index in [4.69, 9.17) is 4.74 Å². The lowest BCUT2D eigenvalue weighted by molar-refractivity contribution is -0.148. The van der Waals surface area contributed by atoms with Crippen molar-refractivity contribution in [3.8, 4) is 0 Å². The van der Waals surface area contributed by atoms with Gasteiger partial charge in [-0.3, -0.25) is 4.79 Å². The minimum atomic E-state index is -0.365. The van der Waals surface area contributed by atoms with Crippen LogP contribution in [0.2, 0.25) is 0 Å². The lowest BCUT2D eigenvalue weighted by Gasteiger charge is -2.57. The summed E-state index contributed by atoms with van der Waals surface area (Å²) in [7, 11) is 0. The molecule has 0 radical (unpaired) electrons. The number of ether oxygens (including phenoxy) is 1. The number of allylic oxidation sites excluding steroid dienone is 1. The predicted molar refractivity (Wildman–Crippen MR) is 99.2 cm³/mol. The highest BCUT2D eigenvalue weighted by Gasteiger charge is 2.60. The number of hydrogen-bond acceptors (Lipinski definition) is 4. The molecule has 4 aliphatic carbocycles. The number of esters is 1. The van der Waals surface area contributed by atoms with Crippen LogP contribution in [0.1, 0.15) is 65.7 Å². The molecule has 0 saturated heterocycles. The van der Waals surface area contributed by atoms with Gasteiger partial charge in [-0.2, -0.15) is 0 Å². The molecule has 26 heavy (non-hydrogen) atoms. The molecule has 0 spiro atoms. The normalized spacial score (nSPS) is 50.3. The lowest BCUT2D eigenvalue weighted by Crippen LogP contribution is -2.51. The highest BCUT2D eigenvalue weighted by Crippen LogP contribution is 2.65. The summed E-state index contributed by atoms with van der Waals surface area (Å²) in [5.74, 6) is 1.65. The molecule has 4 nitrogen and oxygen atoms in total. The molecule has 0 heterocycles. The molecule has 0 bridgehead atoms. The number of carbonyl (C=O) groups is 1. The molecule has 0 aliphatic heterocycles. The SMILES string of the molecule is CC(=O)O[C@H]1CC[C@@]2(C)C(=CC[C@H]3[C@@H]4C[C@H](CO)[C@@H](O)[C@@]4(C)CC[C@@H]32)C1. The molecule has 2 N–H and O–H groups in total. The number of hydrogen-bond donors (Lipinski definition) is 2. The Bertz CT molecular complexity index is 613. The molecule has 146 valence electrons. The van der Waals surface area contributed by atoms with Crippen LogP contribution in [-0.4, -0.2) is 35.0 Å². The second-order valence-corrected chi connectivity index (χ2v) is 9.90. The van der Waals surface area contributed by atoms with Crippen molar-refractivity contribution in [1.29, 1.82) is 0 Å². The van der Waals surface area contributed by atoms with Gasteiger partial charge in [-0.15, -0.1) is 0 Å². The molecular weight excluding hydrogens is 328 g/mol. The van der Waals surface area contributed by atoms with E-state index in [-0.39, 0.29) is 41.5 Å². The van der Waals surface area contributed by atoms with Crippen molar-refractivity contribution < 1.29 is 19.7 Å². The Morgan fingerprint density at radius 3 is 2.73 bits per heavy atom. The smallest absolute Gasteiger partial charge is 0.302 e. The summed E-state index contributed by atoms with van der Waals surface area (Å²) in [5.41, 5.74) is 1.67. The molecule has 4 heteroatoms. The molecule has 0 aromatic rings. The zero-order valence-corrected chi connectivity index (χ0v) is 16.4. The second kappa shape index (κ2) is 6.34. The Hall–Kier alpha value is -0.870. The van der Waals surface area contributed by atoms with Crippen LogP contribution < -0.4 is 0 Å². The van der Waals surface area contributed by atoms with Crippen molar-refractivity contribution in [2.24, 2.45) is 34.5 Å². The van der Waals surface area contributed by atoms with E-state index in [0.717, 1.165) is 38.5 Å². The number of fused-ring (bicyclic) bond motifs is 5.